The Morgan fingerprint density at radius 3 is 3.23 bits per heavy atom. The fraction of sp³-hybridized carbons (Fsp3) is 0.438. The molecule has 116 valence electrons. The number of aromatic nitrogens is 3. The Hall–Kier alpha value is -2.37. The van der Waals surface area contributed by atoms with E-state index in [0.717, 1.165) is 42.7 Å². The number of amides is 1. The predicted molar refractivity (Wildman–Crippen MR) is 86.7 cm³/mol. The number of nitrogens with zero attached hydrogens (tertiary/aromatic N) is 3. The lowest BCUT2D eigenvalue weighted by molar-refractivity contribution is -0.127. The molecule has 1 atom stereocenters. The molecule has 1 aliphatic rings. The second-order valence-corrected chi connectivity index (χ2v) is 5.59. The van der Waals surface area contributed by atoms with Gasteiger partial charge < -0.3 is 15.2 Å². The van der Waals surface area contributed by atoms with Crippen molar-refractivity contribution in [3.63, 3.8) is 0 Å². The van der Waals surface area contributed by atoms with Crippen LogP contribution in [0, 0.1) is 0 Å². The lowest BCUT2D eigenvalue weighted by Crippen LogP contribution is -2.44. The van der Waals surface area contributed by atoms with Crippen LogP contribution in [0.15, 0.2) is 25.2 Å². The van der Waals surface area contributed by atoms with Gasteiger partial charge in [-0.25, -0.2) is 9.97 Å². The maximum atomic E-state index is 11.8. The van der Waals surface area contributed by atoms with Gasteiger partial charge in [-0.1, -0.05) is 13.5 Å². The van der Waals surface area contributed by atoms with E-state index in [0.29, 0.717) is 6.54 Å². The zero-order valence-electron chi connectivity index (χ0n) is 12.8. The largest absolute Gasteiger partial charge is 0.365 e. The number of carbonyl (C=O) groups excluding carboxylic acids is 1. The van der Waals surface area contributed by atoms with E-state index in [1.807, 2.05) is 11.1 Å². The second-order valence-electron chi connectivity index (χ2n) is 5.59. The molecule has 0 aromatic carbocycles. The van der Waals surface area contributed by atoms with Crippen LogP contribution in [-0.4, -0.2) is 44.9 Å². The van der Waals surface area contributed by atoms with Gasteiger partial charge in [0.15, 0.2) is 0 Å². The van der Waals surface area contributed by atoms with Gasteiger partial charge in [0.2, 0.25) is 5.91 Å². The van der Waals surface area contributed by atoms with Crippen LogP contribution in [0.5, 0.6) is 0 Å². The summed E-state index contributed by atoms with van der Waals surface area (Å²) in [5.41, 5.74) is 2.05. The molecular formula is C16H21N5O. The third-order valence-corrected chi connectivity index (χ3v) is 4.18. The van der Waals surface area contributed by atoms with Crippen molar-refractivity contribution in [2.75, 3.05) is 18.4 Å². The molecule has 1 amide bonds. The maximum Gasteiger partial charge on any atom is 0.246 e. The number of fused-ring (bicyclic) bond motifs is 1. The standard InChI is InChI=1S/C16H21N5O/c1-3-11-8-17-15-14(11)16(19-10-18-15)20-12-6-5-7-21(9-12)13(22)4-2/h4,8,10,12H,2-3,5-7,9H2,1H3,(H2,17,18,19,20). The first-order chi connectivity index (χ1) is 10.7. The zero-order chi connectivity index (χ0) is 15.5. The molecule has 2 aromatic rings. The third-order valence-electron chi connectivity index (χ3n) is 4.18. The number of likely N-dealkylation sites (tertiary alicyclic amines) is 1. The van der Waals surface area contributed by atoms with Crippen LogP contribution in [0.25, 0.3) is 11.0 Å². The van der Waals surface area contributed by atoms with Crippen molar-refractivity contribution in [1.82, 2.24) is 19.9 Å². The van der Waals surface area contributed by atoms with Crippen LogP contribution in [0.1, 0.15) is 25.3 Å². The molecule has 1 fully saturated rings. The highest BCUT2D eigenvalue weighted by Crippen LogP contribution is 2.25. The summed E-state index contributed by atoms with van der Waals surface area (Å²) in [6, 6.07) is 0.204. The van der Waals surface area contributed by atoms with Gasteiger partial charge in [0.25, 0.3) is 0 Å². The first-order valence-electron chi connectivity index (χ1n) is 7.71. The fourth-order valence-corrected chi connectivity index (χ4v) is 3.03. The molecule has 2 N–H and O–H groups in total. The third kappa shape index (κ3) is 2.68. The number of carbonyl (C=O) groups is 1. The molecule has 0 aliphatic carbocycles. The summed E-state index contributed by atoms with van der Waals surface area (Å²) in [6.45, 7) is 7.16. The number of hydrogen-bond donors (Lipinski definition) is 2. The molecule has 0 bridgehead atoms. The lowest BCUT2D eigenvalue weighted by Gasteiger charge is -2.32. The molecule has 0 radical (unpaired) electrons. The molecule has 1 unspecified atom stereocenters. The van der Waals surface area contributed by atoms with Crippen LogP contribution < -0.4 is 5.32 Å². The van der Waals surface area contributed by atoms with Crippen molar-refractivity contribution < 1.29 is 4.79 Å². The minimum atomic E-state index is -0.00442. The maximum absolute atomic E-state index is 11.8. The average molecular weight is 299 g/mol. The zero-order valence-corrected chi connectivity index (χ0v) is 12.8. The topological polar surface area (TPSA) is 73.9 Å². The molecule has 6 nitrogen and oxygen atoms in total. The number of piperidine rings is 1. The quantitative estimate of drug-likeness (QED) is 0.848. The van der Waals surface area contributed by atoms with E-state index in [1.165, 1.54) is 11.6 Å². The number of H-pyrrole nitrogens is 1. The van der Waals surface area contributed by atoms with Gasteiger partial charge in [0.1, 0.15) is 17.8 Å². The van der Waals surface area contributed by atoms with Crippen molar-refractivity contribution in [1.29, 1.82) is 0 Å². The van der Waals surface area contributed by atoms with E-state index in [-0.39, 0.29) is 11.9 Å². The van der Waals surface area contributed by atoms with E-state index >= 15 is 0 Å². The highest BCUT2D eigenvalue weighted by molar-refractivity contribution is 5.90. The number of hydrogen-bond acceptors (Lipinski definition) is 4. The number of aryl methyl sites for hydroxylation is 1. The van der Waals surface area contributed by atoms with E-state index in [9.17, 15) is 4.79 Å². The molecule has 0 spiro atoms. The molecule has 6 heteroatoms. The van der Waals surface area contributed by atoms with Gasteiger partial charge in [-0.3, -0.25) is 4.79 Å². The minimum absolute atomic E-state index is 0.00442. The Labute approximate surface area is 129 Å². The first kappa shape index (κ1) is 14.6. The lowest BCUT2D eigenvalue weighted by atomic mass is 10.1. The monoisotopic (exact) mass is 299 g/mol. The van der Waals surface area contributed by atoms with Crippen LogP contribution in [0.2, 0.25) is 0 Å². The summed E-state index contributed by atoms with van der Waals surface area (Å²) in [5, 5.41) is 4.55. The molecular weight excluding hydrogens is 278 g/mol. The van der Waals surface area contributed by atoms with Gasteiger partial charge in [-0.15, -0.1) is 0 Å². The SMILES string of the molecule is C=CC(=O)N1CCCC(Nc2ncnc3[nH]cc(CC)c23)C1. The van der Waals surface area contributed by atoms with Crippen molar-refractivity contribution in [3.8, 4) is 0 Å². The van der Waals surface area contributed by atoms with E-state index in [4.69, 9.17) is 0 Å². The van der Waals surface area contributed by atoms with Gasteiger partial charge in [-0.05, 0) is 30.9 Å². The Morgan fingerprint density at radius 1 is 1.59 bits per heavy atom. The summed E-state index contributed by atoms with van der Waals surface area (Å²) in [6.07, 6.45) is 7.87. The average Bonchev–Trinajstić information content (AvgIpc) is 2.98. The fourth-order valence-electron chi connectivity index (χ4n) is 3.03. The van der Waals surface area contributed by atoms with Crippen LogP contribution in [-0.2, 0) is 11.2 Å². The highest BCUT2D eigenvalue weighted by Gasteiger charge is 2.23. The van der Waals surface area contributed by atoms with Crippen molar-refractivity contribution in [2.24, 2.45) is 0 Å². The van der Waals surface area contributed by atoms with Crippen LogP contribution in [0.4, 0.5) is 5.82 Å². The Kier molecular flexibility index (Phi) is 4.09. The van der Waals surface area contributed by atoms with Crippen LogP contribution in [0.3, 0.4) is 0 Å². The molecule has 2 aromatic heterocycles. The van der Waals surface area contributed by atoms with Gasteiger partial charge in [0.05, 0.1) is 5.39 Å². The van der Waals surface area contributed by atoms with Gasteiger partial charge >= 0.3 is 0 Å². The summed E-state index contributed by atoms with van der Waals surface area (Å²) in [7, 11) is 0. The van der Waals surface area contributed by atoms with Crippen LogP contribution >= 0.6 is 0 Å². The van der Waals surface area contributed by atoms with Gasteiger partial charge in [-0.2, -0.15) is 0 Å². The van der Waals surface area contributed by atoms with Crippen molar-refractivity contribution in [2.45, 2.75) is 32.2 Å². The Morgan fingerprint density at radius 2 is 2.45 bits per heavy atom. The van der Waals surface area contributed by atoms with Gasteiger partial charge in [0, 0.05) is 25.3 Å². The van der Waals surface area contributed by atoms with E-state index in [2.05, 4.69) is 33.8 Å². The molecule has 22 heavy (non-hydrogen) atoms. The predicted octanol–water partition coefficient (Wildman–Crippen LogP) is 2.11. The summed E-state index contributed by atoms with van der Waals surface area (Å²) >= 11 is 0. The normalized spacial score (nSPS) is 18.4. The Bertz CT molecular complexity index is 693. The minimum Gasteiger partial charge on any atom is -0.365 e. The summed E-state index contributed by atoms with van der Waals surface area (Å²) in [5.74, 6) is 0.844. The number of nitrogens with one attached hydrogen (secondary N) is 2. The number of aromatic amines is 1. The van der Waals surface area contributed by atoms with Crippen molar-refractivity contribution >= 4 is 22.8 Å². The highest BCUT2D eigenvalue weighted by atomic mass is 16.2. The van der Waals surface area contributed by atoms with Crippen molar-refractivity contribution in [3.05, 3.63) is 30.7 Å². The van der Waals surface area contributed by atoms with E-state index < -0.39 is 0 Å². The smallest absolute Gasteiger partial charge is 0.246 e. The second kappa shape index (κ2) is 6.17. The first-order valence-corrected chi connectivity index (χ1v) is 7.71. The van der Waals surface area contributed by atoms with E-state index in [1.54, 1.807) is 6.33 Å². The molecule has 0 saturated carbocycles. The molecule has 1 saturated heterocycles. The molecule has 3 heterocycles. The summed E-state index contributed by atoms with van der Waals surface area (Å²) in [4.78, 5) is 25.5. The number of rotatable bonds is 4. The number of anilines is 1. The Balaban J connectivity index is 1.82. The molecule has 3 rings (SSSR count). The molecule has 1 aliphatic heterocycles. The summed E-state index contributed by atoms with van der Waals surface area (Å²) < 4.78 is 0.